The fourth-order valence-electron chi connectivity index (χ4n) is 2.51. The molecular weight excluding hydrogens is 254 g/mol. The third-order valence-electron chi connectivity index (χ3n) is 3.74. The Labute approximate surface area is 120 Å². The summed E-state index contributed by atoms with van der Waals surface area (Å²) in [5.41, 5.74) is 2.13. The van der Waals surface area contributed by atoms with Gasteiger partial charge in [0, 0.05) is 13.1 Å². The third-order valence-corrected chi connectivity index (χ3v) is 3.74. The van der Waals surface area contributed by atoms with Crippen LogP contribution in [0, 0.1) is 0 Å². The number of nitrogens with zero attached hydrogens (tertiary/aromatic N) is 1. The lowest BCUT2D eigenvalue weighted by Crippen LogP contribution is -2.42. The summed E-state index contributed by atoms with van der Waals surface area (Å²) in [6.07, 6.45) is 0. The number of carboxylic acid groups (broad SMARTS) is 1. The van der Waals surface area contributed by atoms with Crippen LogP contribution in [0.1, 0.15) is 37.9 Å². The van der Waals surface area contributed by atoms with Crippen molar-refractivity contribution in [3.8, 4) is 0 Å². The molecule has 0 unspecified atom stereocenters. The van der Waals surface area contributed by atoms with Crippen molar-refractivity contribution in [3.63, 3.8) is 0 Å². The maximum Gasteiger partial charge on any atom is 0.325 e. The summed E-state index contributed by atoms with van der Waals surface area (Å²) in [5, 5.41) is 9.53. The molecule has 1 atom stereocenters. The van der Waals surface area contributed by atoms with Gasteiger partial charge in [-0.3, -0.25) is 9.69 Å². The average Bonchev–Trinajstić information content (AvgIpc) is 2.39. The van der Waals surface area contributed by atoms with Gasteiger partial charge in [0.2, 0.25) is 0 Å². The molecule has 110 valence electrons. The minimum absolute atomic E-state index is 0.0796. The van der Waals surface area contributed by atoms with Crippen molar-refractivity contribution in [1.82, 2.24) is 4.90 Å². The standard InChI is InChI=1S/C16H23NO3/c1-16(2,3)13-6-4-12(5-7-13)14(15(18)19)17-8-10-20-11-9-17/h4-7,14H,8-11H2,1-3H3,(H,18,19)/t14-/m1/s1. The van der Waals surface area contributed by atoms with Gasteiger partial charge in [-0.05, 0) is 16.5 Å². The van der Waals surface area contributed by atoms with Gasteiger partial charge in [-0.15, -0.1) is 0 Å². The molecular formula is C16H23NO3. The Hall–Kier alpha value is -1.39. The van der Waals surface area contributed by atoms with E-state index in [1.807, 2.05) is 29.2 Å². The predicted octanol–water partition coefficient (Wildman–Crippen LogP) is 2.44. The molecule has 4 nitrogen and oxygen atoms in total. The fraction of sp³-hybridized carbons (Fsp3) is 0.562. The summed E-state index contributed by atoms with van der Waals surface area (Å²) >= 11 is 0. The van der Waals surface area contributed by atoms with E-state index in [0.717, 1.165) is 5.56 Å². The molecule has 0 amide bonds. The molecule has 1 aromatic rings. The molecule has 1 saturated heterocycles. The van der Waals surface area contributed by atoms with E-state index < -0.39 is 12.0 Å². The number of hydrogen-bond acceptors (Lipinski definition) is 3. The van der Waals surface area contributed by atoms with E-state index in [1.165, 1.54) is 5.56 Å². The molecule has 0 radical (unpaired) electrons. The summed E-state index contributed by atoms with van der Waals surface area (Å²) in [5.74, 6) is -0.796. The van der Waals surface area contributed by atoms with Gasteiger partial charge in [0.25, 0.3) is 0 Å². The first kappa shape index (κ1) is 15.0. The number of carboxylic acids is 1. The number of rotatable bonds is 3. The number of hydrogen-bond donors (Lipinski definition) is 1. The second kappa shape index (κ2) is 5.94. The van der Waals surface area contributed by atoms with Crippen LogP contribution in [0.2, 0.25) is 0 Å². The number of ether oxygens (including phenoxy) is 1. The van der Waals surface area contributed by atoms with Crippen molar-refractivity contribution >= 4 is 5.97 Å². The maximum atomic E-state index is 11.6. The number of morpholine rings is 1. The van der Waals surface area contributed by atoms with Crippen LogP contribution in [0.4, 0.5) is 0 Å². The highest BCUT2D eigenvalue weighted by Gasteiger charge is 2.29. The molecule has 1 fully saturated rings. The largest absolute Gasteiger partial charge is 0.480 e. The highest BCUT2D eigenvalue weighted by atomic mass is 16.5. The molecule has 0 saturated carbocycles. The highest BCUT2D eigenvalue weighted by molar-refractivity contribution is 5.75. The zero-order chi connectivity index (χ0) is 14.8. The van der Waals surface area contributed by atoms with E-state index in [4.69, 9.17) is 4.74 Å². The van der Waals surface area contributed by atoms with Crippen LogP contribution in [0.5, 0.6) is 0 Å². The first-order valence-electron chi connectivity index (χ1n) is 7.04. The molecule has 0 bridgehead atoms. The molecule has 1 heterocycles. The monoisotopic (exact) mass is 277 g/mol. The molecule has 1 N–H and O–H groups in total. The summed E-state index contributed by atoms with van der Waals surface area (Å²) in [7, 11) is 0. The van der Waals surface area contributed by atoms with E-state index in [-0.39, 0.29) is 5.41 Å². The molecule has 0 spiro atoms. The topological polar surface area (TPSA) is 49.8 Å². The SMILES string of the molecule is CC(C)(C)c1ccc([C@H](C(=O)O)N2CCOCC2)cc1. The van der Waals surface area contributed by atoms with E-state index in [0.29, 0.717) is 26.3 Å². The maximum absolute atomic E-state index is 11.6. The van der Waals surface area contributed by atoms with E-state index in [1.54, 1.807) is 0 Å². The minimum Gasteiger partial charge on any atom is -0.480 e. The van der Waals surface area contributed by atoms with Gasteiger partial charge in [0.1, 0.15) is 6.04 Å². The molecule has 0 aliphatic carbocycles. The van der Waals surface area contributed by atoms with E-state index >= 15 is 0 Å². The summed E-state index contributed by atoms with van der Waals surface area (Å²) in [6.45, 7) is 8.99. The van der Waals surface area contributed by atoms with Crippen molar-refractivity contribution in [2.75, 3.05) is 26.3 Å². The second-order valence-electron chi connectivity index (χ2n) is 6.26. The van der Waals surface area contributed by atoms with Crippen molar-refractivity contribution < 1.29 is 14.6 Å². The van der Waals surface area contributed by atoms with Gasteiger partial charge in [0.05, 0.1) is 13.2 Å². The molecule has 0 aromatic heterocycles. The lowest BCUT2D eigenvalue weighted by atomic mass is 9.86. The minimum atomic E-state index is -0.796. The molecule has 1 aliphatic heterocycles. The third kappa shape index (κ3) is 3.38. The molecule has 1 aromatic carbocycles. The van der Waals surface area contributed by atoms with Crippen LogP contribution in [0.25, 0.3) is 0 Å². The Morgan fingerprint density at radius 2 is 1.75 bits per heavy atom. The summed E-state index contributed by atoms with van der Waals surface area (Å²) in [6, 6.07) is 7.37. The van der Waals surface area contributed by atoms with Gasteiger partial charge in [-0.25, -0.2) is 0 Å². The Kier molecular flexibility index (Phi) is 4.45. The Morgan fingerprint density at radius 1 is 1.20 bits per heavy atom. The molecule has 20 heavy (non-hydrogen) atoms. The fourth-order valence-corrected chi connectivity index (χ4v) is 2.51. The van der Waals surface area contributed by atoms with Crippen molar-refractivity contribution in [1.29, 1.82) is 0 Å². The number of aliphatic carboxylic acids is 1. The smallest absolute Gasteiger partial charge is 0.325 e. The molecule has 4 heteroatoms. The quantitative estimate of drug-likeness (QED) is 0.922. The average molecular weight is 277 g/mol. The van der Waals surface area contributed by atoms with E-state index in [2.05, 4.69) is 20.8 Å². The molecule has 1 aliphatic rings. The Balaban J connectivity index is 2.23. The molecule has 2 rings (SSSR count). The van der Waals surface area contributed by atoms with Gasteiger partial charge in [-0.1, -0.05) is 45.0 Å². The normalized spacial score (nSPS) is 18.8. The van der Waals surface area contributed by atoms with E-state index in [9.17, 15) is 9.90 Å². The van der Waals surface area contributed by atoms with Crippen molar-refractivity contribution in [2.24, 2.45) is 0 Å². The summed E-state index contributed by atoms with van der Waals surface area (Å²) in [4.78, 5) is 13.6. The Morgan fingerprint density at radius 3 is 2.20 bits per heavy atom. The zero-order valence-electron chi connectivity index (χ0n) is 12.4. The van der Waals surface area contributed by atoms with Crippen LogP contribution in [-0.2, 0) is 14.9 Å². The van der Waals surface area contributed by atoms with Crippen LogP contribution < -0.4 is 0 Å². The first-order chi connectivity index (χ1) is 9.39. The van der Waals surface area contributed by atoms with Gasteiger partial charge in [-0.2, -0.15) is 0 Å². The van der Waals surface area contributed by atoms with Gasteiger partial charge < -0.3 is 9.84 Å². The zero-order valence-corrected chi connectivity index (χ0v) is 12.4. The lowest BCUT2D eigenvalue weighted by molar-refractivity contribution is -0.145. The predicted molar refractivity (Wildman–Crippen MR) is 77.9 cm³/mol. The number of carbonyl (C=O) groups is 1. The van der Waals surface area contributed by atoms with Crippen LogP contribution in [0.15, 0.2) is 24.3 Å². The van der Waals surface area contributed by atoms with Crippen LogP contribution in [-0.4, -0.2) is 42.3 Å². The first-order valence-corrected chi connectivity index (χ1v) is 7.04. The highest BCUT2D eigenvalue weighted by Crippen LogP contribution is 2.27. The van der Waals surface area contributed by atoms with Crippen LogP contribution >= 0.6 is 0 Å². The second-order valence-corrected chi connectivity index (χ2v) is 6.26. The lowest BCUT2D eigenvalue weighted by Gasteiger charge is -2.32. The summed E-state index contributed by atoms with van der Waals surface area (Å²) < 4.78 is 5.29. The van der Waals surface area contributed by atoms with Crippen molar-refractivity contribution in [2.45, 2.75) is 32.2 Å². The number of benzene rings is 1. The van der Waals surface area contributed by atoms with Gasteiger partial charge in [0.15, 0.2) is 0 Å². The van der Waals surface area contributed by atoms with Crippen LogP contribution in [0.3, 0.4) is 0 Å². The van der Waals surface area contributed by atoms with Gasteiger partial charge >= 0.3 is 5.97 Å². The van der Waals surface area contributed by atoms with Crippen molar-refractivity contribution in [3.05, 3.63) is 35.4 Å². The Bertz CT molecular complexity index is 456.